The van der Waals surface area contributed by atoms with E-state index < -0.39 is 0 Å². The summed E-state index contributed by atoms with van der Waals surface area (Å²) in [5.74, 6) is 1.66. The largest absolute Gasteiger partial charge is 0.508 e. The molecule has 0 amide bonds. The Morgan fingerprint density at radius 2 is 1.60 bits per heavy atom. The third-order valence-corrected chi connectivity index (χ3v) is 4.78. The molecule has 1 unspecified atom stereocenters. The number of hydrogen-bond donors (Lipinski definition) is 1. The van der Waals surface area contributed by atoms with Gasteiger partial charge in [0.1, 0.15) is 5.75 Å². The molecule has 0 radical (unpaired) electrons. The molecule has 25 heavy (non-hydrogen) atoms. The van der Waals surface area contributed by atoms with E-state index >= 15 is 0 Å². The minimum absolute atomic E-state index is 0.0306. The molecule has 2 aromatic carbocycles. The van der Waals surface area contributed by atoms with Gasteiger partial charge in [0.2, 0.25) is 0 Å². The molecule has 2 nitrogen and oxygen atoms in total. The summed E-state index contributed by atoms with van der Waals surface area (Å²) in [6, 6.07) is 14.4. The van der Waals surface area contributed by atoms with Gasteiger partial charge in [0.25, 0.3) is 0 Å². The molecule has 2 aromatic rings. The third-order valence-electron chi connectivity index (χ3n) is 4.78. The van der Waals surface area contributed by atoms with Gasteiger partial charge in [-0.15, -0.1) is 0 Å². The Morgan fingerprint density at radius 3 is 2.28 bits per heavy atom. The fourth-order valence-corrected chi connectivity index (χ4v) is 3.15. The Hall–Kier alpha value is -2.09. The van der Waals surface area contributed by atoms with E-state index in [1.807, 2.05) is 18.2 Å². The van der Waals surface area contributed by atoms with Crippen molar-refractivity contribution < 1.29 is 9.90 Å². The van der Waals surface area contributed by atoms with Crippen molar-refractivity contribution in [2.24, 2.45) is 11.8 Å². The van der Waals surface area contributed by atoms with Crippen molar-refractivity contribution in [2.45, 2.75) is 52.9 Å². The van der Waals surface area contributed by atoms with Gasteiger partial charge in [-0.05, 0) is 54.5 Å². The SMILES string of the molecule is CC(C)CCCC(C)CCc1ccccc1C(=O)c1ccc(O)cc1. The van der Waals surface area contributed by atoms with Crippen LogP contribution in [0.5, 0.6) is 5.75 Å². The number of aromatic hydroxyl groups is 1. The van der Waals surface area contributed by atoms with Gasteiger partial charge >= 0.3 is 0 Å². The number of ketones is 1. The minimum Gasteiger partial charge on any atom is -0.508 e. The second-order valence-electron chi connectivity index (χ2n) is 7.50. The van der Waals surface area contributed by atoms with Crippen LogP contribution in [0.15, 0.2) is 48.5 Å². The van der Waals surface area contributed by atoms with Crippen molar-refractivity contribution in [3.8, 4) is 5.75 Å². The van der Waals surface area contributed by atoms with E-state index in [9.17, 15) is 9.90 Å². The van der Waals surface area contributed by atoms with Crippen LogP contribution >= 0.6 is 0 Å². The van der Waals surface area contributed by atoms with E-state index in [1.54, 1.807) is 24.3 Å². The minimum atomic E-state index is 0.0306. The van der Waals surface area contributed by atoms with Crippen LogP contribution in [-0.2, 0) is 6.42 Å². The first-order chi connectivity index (χ1) is 12.0. The molecule has 0 saturated carbocycles. The monoisotopic (exact) mass is 338 g/mol. The van der Waals surface area contributed by atoms with E-state index in [-0.39, 0.29) is 11.5 Å². The summed E-state index contributed by atoms with van der Waals surface area (Å²) in [7, 11) is 0. The number of rotatable bonds is 9. The molecule has 0 aliphatic heterocycles. The number of carbonyl (C=O) groups excluding carboxylic acids is 1. The lowest BCUT2D eigenvalue weighted by Crippen LogP contribution is -2.07. The quantitative estimate of drug-likeness (QED) is 0.568. The van der Waals surface area contributed by atoms with Crippen LogP contribution in [0.2, 0.25) is 0 Å². The Morgan fingerprint density at radius 1 is 0.920 bits per heavy atom. The third kappa shape index (κ3) is 6.04. The van der Waals surface area contributed by atoms with Crippen molar-refractivity contribution in [2.75, 3.05) is 0 Å². The van der Waals surface area contributed by atoms with Gasteiger partial charge in [-0.25, -0.2) is 0 Å². The Kier molecular flexibility index (Phi) is 7.24. The van der Waals surface area contributed by atoms with Crippen molar-refractivity contribution in [1.82, 2.24) is 0 Å². The van der Waals surface area contributed by atoms with E-state index in [4.69, 9.17) is 0 Å². The van der Waals surface area contributed by atoms with Gasteiger partial charge in [-0.3, -0.25) is 4.79 Å². The van der Waals surface area contributed by atoms with E-state index in [0.29, 0.717) is 11.5 Å². The summed E-state index contributed by atoms with van der Waals surface area (Å²) in [5.41, 5.74) is 2.52. The lowest BCUT2D eigenvalue weighted by Gasteiger charge is -2.14. The molecule has 0 aliphatic carbocycles. The highest BCUT2D eigenvalue weighted by Gasteiger charge is 2.14. The van der Waals surface area contributed by atoms with Crippen LogP contribution in [0.3, 0.4) is 0 Å². The van der Waals surface area contributed by atoms with Crippen molar-refractivity contribution in [3.63, 3.8) is 0 Å². The second kappa shape index (κ2) is 9.41. The van der Waals surface area contributed by atoms with E-state index in [2.05, 4.69) is 26.8 Å². The smallest absolute Gasteiger partial charge is 0.193 e. The average molecular weight is 338 g/mol. The van der Waals surface area contributed by atoms with Crippen molar-refractivity contribution >= 4 is 5.78 Å². The number of hydrogen-bond acceptors (Lipinski definition) is 2. The normalized spacial score (nSPS) is 12.3. The maximum Gasteiger partial charge on any atom is 0.193 e. The van der Waals surface area contributed by atoms with Crippen molar-refractivity contribution in [1.29, 1.82) is 0 Å². The highest BCUT2D eigenvalue weighted by molar-refractivity contribution is 6.09. The summed E-state index contributed by atoms with van der Waals surface area (Å²) >= 11 is 0. The second-order valence-corrected chi connectivity index (χ2v) is 7.50. The lowest BCUT2D eigenvalue weighted by atomic mass is 9.91. The summed E-state index contributed by atoms with van der Waals surface area (Å²) in [4.78, 5) is 12.8. The molecule has 2 heteroatoms. The Labute approximate surface area is 151 Å². The van der Waals surface area contributed by atoms with Crippen LogP contribution in [0.25, 0.3) is 0 Å². The molecule has 0 bridgehead atoms. The molecule has 0 saturated heterocycles. The zero-order valence-corrected chi connectivity index (χ0v) is 15.7. The zero-order chi connectivity index (χ0) is 18.2. The molecule has 1 N–H and O–H groups in total. The molecule has 0 heterocycles. The molecule has 0 spiro atoms. The molecule has 0 aliphatic rings. The molecule has 2 rings (SSSR count). The number of aryl methyl sites for hydroxylation is 1. The number of phenolic OH excluding ortho intramolecular Hbond substituents is 1. The maximum atomic E-state index is 12.8. The van der Waals surface area contributed by atoms with Crippen LogP contribution in [0.4, 0.5) is 0 Å². The lowest BCUT2D eigenvalue weighted by molar-refractivity contribution is 0.103. The number of carbonyl (C=O) groups is 1. The van der Waals surface area contributed by atoms with Gasteiger partial charge in [0.05, 0.1) is 0 Å². The Bertz CT molecular complexity index is 671. The van der Waals surface area contributed by atoms with Gasteiger partial charge in [0, 0.05) is 11.1 Å². The summed E-state index contributed by atoms with van der Waals surface area (Å²) < 4.78 is 0. The highest BCUT2D eigenvalue weighted by Crippen LogP contribution is 2.22. The number of benzene rings is 2. The molecular formula is C23H30O2. The molecule has 134 valence electrons. The van der Waals surface area contributed by atoms with Crippen LogP contribution in [0.1, 0.15) is 67.9 Å². The highest BCUT2D eigenvalue weighted by atomic mass is 16.3. The molecule has 0 aromatic heterocycles. The zero-order valence-electron chi connectivity index (χ0n) is 15.7. The standard InChI is InChI=1S/C23H30O2/c1-17(2)7-6-8-18(3)11-12-19-9-4-5-10-22(19)23(25)20-13-15-21(24)16-14-20/h4-5,9-10,13-18,24H,6-8,11-12H2,1-3H3. The maximum absolute atomic E-state index is 12.8. The fraction of sp³-hybridized carbons (Fsp3) is 0.435. The summed E-state index contributed by atoms with van der Waals surface area (Å²) in [6.07, 6.45) is 5.88. The van der Waals surface area contributed by atoms with Crippen LogP contribution in [0, 0.1) is 11.8 Å². The average Bonchev–Trinajstić information content (AvgIpc) is 2.60. The van der Waals surface area contributed by atoms with Gasteiger partial charge < -0.3 is 5.11 Å². The van der Waals surface area contributed by atoms with E-state index in [1.165, 1.54) is 19.3 Å². The van der Waals surface area contributed by atoms with Gasteiger partial charge in [-0.1, -0.05) is 64.3 Å². The van der Waals surface area contributed by atoms with Crippen LogP contribution < -0.4 is 0 Å². The van der Waals surface area contributed by atoms with Gasteiger partial charge in [-0.2, -0.15) is 0 Å². The summed E-state index contributed by atoms with van der Waals surface area (Å²) in [6.45, 7) is 6.86. The van der Waals surface area contributed by atoms with Gasteiger partial charge in [0.15, 0.2) is 5.78 Å². The first-order valence-corrected chi connectivity index (χ1v) is 9.39. The first kappa shape index (κ1) is 19.2. The fourth-order valence-electron chi connectivity index (χ4n) is 3.15. The molecule has 1 atom stereocenters. The van der Waals surface area contributed by atoms with Crippen molar-refractivity contribution in [3.05, 3.63) is 65.2 Å². The topological polar surface area (TPSA) is 37.3 Å². The predicted octanol–water partition coefficient (Wildman–Crippen LogP) is 6.02. The van der Waals surface area contributed by atoms with Crippen LogP contribution in [-0.4, -0.2) is 10.9 Å². The first-order valence-electron chi connectivity index (χ1n) is 9.39. The summed E-state index contributed by atoms with van der Waals surface area (Å²) in [5, 5.41) is 9.40. The number of phenols is 1. The predicted molar refractivity (Wildman–Crippen MR) is 104 cm³/mol. The van der Waals surface area contributed by atoms with E-state index in [0.717, 1.165) is 29.9 Å². The molecule has 0 fully saturated rings. The Balaban J connectivity index is 2.00. The molecular weight excluding hydrogens is 308 g/mol.